The molecule has 2 aromatic carbocycles. The molecule has 2 atom stereocenters. The van der Waals surface area contributed by atoms with Crippen LogP contribution < -0.4 is 5.32 Å². The van der Waals surface area contributed by atoms with Gasteiger partial charge in [-0.2, -0.15) is 5.10 Å². The molecule has 186 valence electrons. The van der Waals surface area contributed by atoms with Crippen molar-refractivity contribution in [3.8, 4) is 33.6 Å². The van der Waals surface area contributed by atoms with Crippen LogP contribution in [-0.4, -0.2) is 37.9 Å². The lowest BCUT2D eigenvalue weighted by atomic mass is 9.85. The van der Waals surface area contributed by atoms with Crippen LogP contribution in [0, 0.1) is 5.92 Å². The second kappa shape index (κ2) is 10.6. The smallest absolute Gasteiger partial charge is 0.0827 e. The van der Waals surface area contributed by atoms with E-state index in [1.807, 2.05) is 24.5 Å². The van der Waals surface area contributed by atoms with Crippen molar-refractivity contribution >= 4 is 10.9 Å². The lowest BCUT2D eigenvalue weighted by Gasteiger charge is -2.31. The number of aliphatic hydroxyl groups is 1. The Morgan fingerprint density at radius 1 is 0.892 bits per heavy atom. The molecule has 3 N–H and O–H groups in total. The normalized spacial score (nSPS) is 17.8. The molecule has 5 aromatic rings. The number of benzene rings is 2. The molecule has 1 aliphatic carbocycles. The summed E-state index contributed by atoms with van der Waals surface area (Å²) in [5.74, 6) is 0.365. The lowest BCUT2D eigenvalue weighted by molar-refractivity contribution is 0.152. The van der Waals surface area contributed by atoms with Crippen molar-refractivity contribution in [3.05, 3.63) is 90.9 Å². The Kier molecular flexibility index (Phi) is 6.76. The summed E-state index contributed by atoms with van der Waals surface area (Å²) in [6, 6.07) is 23.7. The Morgan fingerprint density at radius 2 is 1.73 bits per heavy atom. The fourth-order valence-corrected chi connectivity index (χ4v) is 5.49. The summed E-state index contributed by atoms with van der Waals surface area (Å²) in [5, 5.41) is 21.4. The van der Waals surface area contributed by atoms with Crippen LogP contribution in [0.15, 0.2) is 85.3 Å². The number of fused-ring (bicyclic) bond motifs is 1. The number of aromatic nitrogens is 4. The van der Waals surface area contributed by atoms with Crippen LogP contribution in [0.3, 0.4) is 0 Å². The average Bonchev–Trinajstić information content (AvgIpc) is 3.51. The summed E-state index contributed by atoms with van der Waals surface area (Å²) >= 11 is 0. The number of hydrogen-bond donors (Lipinski definition) is 3. The Morgan fingerprint density at radius 3 is 2.51 bits per heavy atom. The third kappa shape index (κ3) is 4.90. The van der Waals surface area contributed by atoms with Crippen LogP contribution in [0.1, 0.15) is 31.2 Å². The van der Waals surface area contributed by atoms with E-state index < -0.39 is 0 Å². The molecule has 6 rings (SSSR count). The van der Waals surface area contributed by atoms with Gasteiger partial charge in [-0.25, -0.2) is 4.98 Å². The lowest BCUT2D eigenvalue weighted by Crippen LogP contribution is -2.39. The zero-order valence-electron chi connectivity index (χ0n) is 20.8. The second-order valence-electron chi connectivity index (χ2n) is 9.88. The van der Waals surface area contributed by atoms with Gasteiger partial charge in [0.1, 0.15) is 0 Å². The van der Waals surface area contributed by atoms with Crippen molar-refractivity contribution in [1.29, 1.82) is 0 Å². The number of hydrogen-bond acceptors (Lipinski definition) is 5. The van der Waals surface area contributed by atoms with Crippen molar-refractivity contribution in [1.82, 2.24) is 25.5 Å². The first-order valence-electron chi connectivity index (χ1n) is 13.1. The first-order valence-corrected chi connectivity index (χ1v) is 13.1. The van der Waals surface area contributed by atoms with Crippen molar-refractivity contribution in [3.63, 3.8) is 0 Å². The minimum absolute atomic E-state index is 0.268. The van der Waals surface area contributed by atoms with Crippen LogP contribution in [0.4, 0.5) is 0 Å². The summed E-state index contributed by atoms with van der Waals surface area (Å²) in [6.07, 6.45) is 10.2. The molecule has 0 saturated heterocycles. The minimum Gasteiger partial charge on any atom is -0.396 e. The highest BCUT2D eigenvalue weighted by Gasteiger charge is 2.23. The molecule has 0 aliphatic heterocycles. The molecule has 1 fully saturated rings. The van der Waals surface area contributed by atoms with Gasteiger partial charge in [0.25, 0.3) is 0 Å². The van der Waals surface area contributed by atoms with E-state index in [4.69, 9.17) is 4.98 Å². The highest BCUT2D eigenvalue weighted by molar-refractivity contribution is 5.98. The first kappa shape index (κ1) is 23.5. The van der Waals surface area contributed by atoms with Gasteiger partial charge in [0.05, 0.1) is 23.1 Å². The molecular formula is C31H31N5O. The number of nitrogens with zero attached hydrogens (tertiary/aromatic N) is 3. The number of aromatic amines is 1. The zero-order chi connectivity index (χ0) is 25.0. The standard InChI is InChI=1S/C31H31N5O/c37-20-24-8-4-5-9-28(24)33-17-21-10-12-23(13-11-21)31-26(22-6-2-1-3-7-22)16-27-29(36-31)14-15-32-30(27)25-18-34-35-19-25/h1-3,6-7,10-16,18-19,24,28,33,37H,4-5,8-9,17,20H2,(H,34,35)/t24-,28-/m1/s1. The highest BCUT2D eigenvalue weighted by Crippen LogP contribution is 2.36. The molecule has 1 saturated carbocycles. The van der Waals surface area contributed by atoms with Gasteiger partial charge in [-0.05, 0) is 42.0 Å². The molecule has 3 aromatic heterocycles. The topological polar surface area (TPSA) is 86.7 Å². The maximum Gasteiger partial charge on any atom is 0.0827 e. The number of H-pyrrole nitrogens is 1. The van der Waals surface area contributed by atoms with Gasteiger partial charge in [0, 0.05) is 53.7 Å². The van der Waals surface area contributed by atoms with Crippen LogP contribution in [0.25, 0.3) is 44.5 Å². The molecule has 6 nitrogen and oxygen atoms in total. The molecule has 3 heterocycles. The number of pyridine rings is 2. The van der Waals surface area contributed by atoms with Crippen molar-refractivity contribution < 1.29 is 5.11 Å². The van der Waals surface area contributed by atoms with Gasteiger partial charge in [0.15, 0.2) is 0 Å². The van der Waals surface area contributed by atoms with Crippen molar-refractivity contribution in [2.75, 3.05) is 6.61 Å². The maximum absolute atomic E-state index is 9.73. The Labute approximate surface area is 216 Å². The van der Waals surface area contributed by atoms with Crippen LogP contribution in [-0.2, 0) is 6.54 Å². The van der Waals surface area contributed by atoms with Gasteiger partial charge in [-0.15, -0.1) is 0 Å². The second-order valence-corrected chi connectivity index (χ2v) is 9.88. The molecule has 0 spiro atoms. The van der Waals surface area contributed by atoms with Gasteiger partial charge in [-0.3, -0.25) is 10.1 Å². The van der Waals surface area contributed by atoms with E-state index in [1.165, 1.54) is 18.4 Å². The third-order valence-electron chi connectivity index (χ3n) is 7.54. The Balaban J connectivity index is 1.35. The number of aliphatic hydroxyl groups excluding tert-OH is 1. The van der Waals surface area contributed by atoms with E-state index in [-0.39, 0.29) is 6.61 Å². The van der Waals surface area contributed by atoms with E-state index in [0.717, 1.165) is 63.9 Å². The first-order chi connectivity index (χ1) is 18.3. The van der Waals surface area contributed by atoms with E-state index in [1.54, 1.807) is 6.20 Å². The average molecular weight is 490 g/mol. The summed E-state index contributed by atoms with van der Waals surface area (Å²) in [5.41, 5.74) is 8.17. The third-order valence-corrected chi connectivity index (χ3v) is 7.54. The molecule has 0 amide bonds. The molecule has 6 heteroatoms. The Bertz CT molecular complexity index is 1470. The van der Waals surface area contributed by atoms with Crippen LogP contribution in [0.5, 0.6) is 0 Å². The monoisotopic (exact) mass is 489 g/mol. The van der Waals surface area contributed by atoms with Gasteiger partial charge < -0.3 is 10.4 Å². The maximum atomic E-state index is 9.73. The van der Waals surface area contributed by atoms with Crippen LogP contribution >= 0.6 is 0 Å². The van der Waals surface area contributed by atoms with Crippen LogP contribution in [0.2, 0.25) is 0 Å². The van der Waals surface area contributed by atoms with E-state index in [9.17, 15) is 5.11 Å². The molecule has 37 heavy (non-hydrogen) atoms. The molecule has 1 aliphatic rings. The molecular weight excluding hydrogens is 458 g/mol. The van der Waals surface area contributed by atoms with Crippen molar-refractivity contribution in [2.24, 2.45) is 5.92 Å². The molecule has 0 bridgehead atoms. The Hall–Kier alpha value is -3.87. The van der Waals surface area contributed by atoms with Crippen molar-refractivity contribution in [2.45, 2.75) is 38.3 Å². The van der Waals surface area contributed by atoms with E-state index in [0.29, 0.717) is 12.0 Å². The van der Waals surface area contributed by atoms with Gasteiger partial charge >= 0.3 is 0 Å². The van der Waals surface area contributed by atoms with E-state index >= 15 is 0 Å². The van der Waals surface area contributed by atoms with Gasteiger partial charge in [-0.1, -0.05) is 67.4 Å². The summed E-state index contributed by atoms with van der Waals surface area (Å²) in [4.78, 5) is 9.79. The fraction of sp³-hybridized carbons (Fsp3) is 0.258. The zero-order valence-corrected chi connectivity index (χ0v) is 20.8. The largest absolute Gasteiger partial charge is 0.396 e. The number of rotatable bonds is 7. The molecule has 0 radical (unpaired) electrons. The van der Waals surface area contributed by atoms with Gasteiger partial charge in [0.2, 0.25) is 0 Å². The predicted octanol–water partition coefficient (Wildman–Crippen LogP) is 5.99. The quantitative estimate of drug-likeness (QED) is 0.261. The highest BCUT2D eigenvalue weighted by atomic mass is 16.3. The number of nitrogens with one attached hydrogen (secondary N) is 2. The minimum atomic E-state index is 0.268. The molecule has 0 unspecified atom stereocenters. The predicted molar refractivity (Wildman–Crippen MR) is 148 cm³/mol. The fourth-order valence-electron chi connectivity index (χ4n) is 5.49. The SMILES string of the molecule is OC[C@H]1CCCC[C@H]1NCc1ccc(-c2nc3ccnc(-c4cn[nH]c4)c3cc2-c2ccccc2)cc1. The summed E-state index contributed by atoms with van der Waals surface area (Å²) in [6.45, 7) is 1.07. The summed E-state index contributed by atoms with van der Waals surface area (Å²) in [7, 11) is 0. The summed E-state index contributed by atoms with van der Waals surface area (Å²) < 4.78 is 0. The van der Waals surface area contributed by atoms with E-state index in [2.05, 4.69) is 75.1 Å².